The molecular formula is C14H22N2O. The molecule has 1 saturated carbocycles. The number of ether oxygens (including phenoxy) is 1. The number of benzene rings is 1. The molecule has 0 aliphatic heterocycles. The molecule has 1 aliphatic carbocycles. The van der Waals surface area contributed by atoms with Crippen molar-refractivity contribution in [2.75, 3.05) is 31.3 Å². The lowest BCUT2D eigenvalue weighted by Gasteiger charge is -2.24. The van der Waals surface area contributed by atoms with Crippen LogP contribution in [0.1, 0.15) is 25.7 Å². The number of rotatable bonds is 4. The van der Waals surface area contributed by atoms with Crippen LogP contribution in [0.4, 0.5) is 11.4 Å². The molecule has 17 heavy (non-hydrogen) atoms. The first-order valence-electron chi connectivity index (χ1n) is 6.35. The maximum Gasteiger partial charge on any atom is 0.121 e. The summed E-state index contributed by atoms with van der Waals surface area (Å²) in [5, 5.41) is 0. The van der Waals surface area contributed by atoms with Gasteiger partial charge in [0.2, 0.25) is 0 Å². The third kappa shape index (κ3) is 2.84. The topological polar surface area (TPSA) is 38.5 Å². The number of nitrogens with two attached hydrogens (primary N) is 1. The molecule has 1 aromatic carbocycles. The number of nitrogen functional groups attached to an aromatic ring is 1. The number of anilines is 2. The summed E-state index contributed by atoms with van der Waals surface area (Å²) in [6.45, 7) is 1.11. The van der Waals surface area contributed by atoms with E-state index in [0.29, 0.717) is 0 Å². The Balaban J connectivity index is 2.04. The van der Waals surface area contributed by atoms with Crippen LogP contribution in [0, 0.1) is 5.92 Å². The molecule has 0 spiro atoms. The molecule has 0 bridgehead atoms. The van der Waals surface area contributed by atoms with Gasteiger partial charge in [0.25, 0.3) is 0 Å². The van der Waals surface area contributed by atoms with Crippen molar-refractivity contribution >= 4 is 11.4 Å². The lowest BCUT2D eigenvalue weighted by Crippen LogP contribution is -2.24. The van der Waals surface area contributed by atoms with Crippen molar-refractivity contribution in [3.05, 3.63) is 18.2 Å². The van der Waals surface area contributed by atoms with E-state index in [1.165, 1.54) is 25.7 Å². The Labute approximate surface area is 104 Å². The van der Waals surface area contributed by atoms with E-state index in [4.69, 9.17) is 10.5 Å². The van der Waals surface area contributed by atoms with Crippen LogP contribution in [0.15, 0.2) is 18.2 Å². The van der Waals surface area contributed by atoms with E-state index in [1.54, 1.807) is 7.11 Å². The minimum absolute atomic E-state index is 0.796. The van der Waals surface area contributed by atoms with Gasteiger partial charge in [-0.2, -0.15) is 0 Å². The number of hydrogen-bond donors (Lipinski definition) is 1. The van der Waals surface area contributed by atoms with Crippen molar-refractivity contribution in [1.29, 1.82) is 0 Å². The van der Waals surface area contributed by atoms with Crippen molar-refractivity contribution in [1.82, 2.24) is 0 Å². The molecule has 2 N–H and O–H groups in total. The van der Waals surface area contributed by atoms with Crippen LogP contribution in [0.25, 0.3) is 0 Å². The molecule has 3 nitrogen and oxygen atoms in total. The van der Waals surface area contributed by atoms with Crippen molar-refractivity contribution < 1.29 is 4.74 Å². The van der Waals surface area contributed by atoms with Gasteiger partial charge >= 0.3 is 0 Å². The van der Waals surface area contributed by atoms with Gasteiger partial charge in [-0.3, -0.25) is 0 Å². The highest BCUT2D eigenvalue weighted by molar-refractivity contribution is 5.69. The maximum absolute atomic E-state index is 6.05. The van der Waals surface area contributed by atoms with Crippen LogP contribution < -0.4 is 15.4 Å². The second kappa shape index (κ2) is 5.30. The summed E-state index contributed by atoms with van der Waals surface area (Å²) in [5.74, 6) is 1.65. The standard InChI is InChI=1S/C14H22N2O/c1-16(10-11-5-3-4-6-11)14-8-7-12(17-2)9-13(14)15/h7-9,11H,3-6,10,15H2,1-2H3. The summed E-state index contributed by atoms with van der Waals surface area (Å²) in [5.41, 5.74) is 7.96. The molecule has 3 heteroatoms. The molecule has 1 aromatic rings. The van der Waals surface area contributed by atoms with Gasteiger partial charge < -0.3 is 15.4 Å². The smallest absolute Gasteiger partial charge is 0.121 e. The first-order chi connectivity index (χ1) is 8.20. The largest absolute Gasteiger partial charge is 0.497 e. The van der Waals surface area contributed by atoms with Crippen molar-refractivity contribution in [3.8, 4) is 5.75 Å². The zero-order valence-electron chi connectivity index (χ0n) is 10.8. The molecule has 0 heterocycles. The molecule has 0 aromatic heterocycles. The lowest BCUT2D eigenvalue weighted by molar-refractivity contribution is 0.415. The van der Waals surface area contributed by atoms with Crippen LogP contribution in [0.2, 0.25) is 0 Å². The molecule has 1 fully saturated rings. The minimum Gasteiger partial charge on any atom is -0.497 e. The fourth-order valence-corrected chi connectivity index (χ4v) is 2.69. The second-order valence-corrected chi connectivity index (χ2v) is 4.96. The molecule has 0 amide bonds. The summed E-state index contributed by atoms with van der Waals surface area (Å²) < 4.78 is 5.16. The lowest BCUT2D eigenvalue weighted by atomic mass is 10.1. The van der Waals surface area contributed by atoms with Gasteiger partial charge in [-0.05, 0) is 30.9 Å². The highest BCUT2D eigenvalue weighted by Gasteiger charge is 2.17. The average molecular weight is 234 g/mol. The first-order valence-corrected chi connectivity index (χ1v) is 6.35. The van der Waals surface area contributed by atoms with Crippen LogP contribution in [-0.2, 0) is 0 Å². The zero-order chi connectivity index (χ0) is 12.3. The van der Waals surface area contributed by atoms with Gasteiger partial charge in [0, 0.05) is 19.7 Å². The van der Waals surface area contributed by atoms with Gasteiger partial charge in [-0.25, -0.2) is 0 Å². The Bertz CT molecular complexity index is 372. The molecule has 0 atom stereocenters. The maximum atomic E-state index is 6.05. The summed E-state index contributed by atoms with van der Waals surface area (Å²) in [4.78, 5) is 2.27. The molecule has 0 radical (unpaired) electrons. The van der Waals surface area contributed by atoms with E-state index in [1.807, 2.05) is 18.2 Å². The Morgan fingerprint density at radius 3 is 2.65 bits per heavy atom. The number of methoxy groups -OCH3 is 1. The fourth-order valence-electron chi connectivity index (χ4n) is 2.69. The molecule has 1 aliphatic rings. The zero-order valence-corrected chi connectivity index (χ0v) is 10.8. The van der Waals surface area contributed by atoms with Crippen LogP contribution in [0.5, 0.6) is 5.75 Å². The van der Waals surface area contributed by atoms with Gasteiger partial charge in [0.05, 0.1) is 18.5 Å². The van der Waals surface area contributed by atoms with Crippen LogP contribution in [0.3, 0.4) is 0 Å². The SMILES string of the molecule is COc1ccc(N(C)CC2CCCC2)c(N)c1. The van der Waals surface area contributed by atoms with Crippen molar-refractivity contribution in [2.45, 2.75) is 25.7 Å². The monoisotopic (exact) mass is 234 g/mol. The van der Waals surface area contributed by atoms with Crippen LogP contribution in [-0.4, -0.2) is 20.7 Å². The van der Waals surface area contributed by atoms with E-state index >= 15 is 0 Å². The average Bonchev–Trinajstić information content (AvgIpc) is 2.81. The Morgan fingerprint density at radius 2 is 2.06 bits per heavy atom. The molecule has 0 unspecified atom stereocenters. The summed E-state index contributed by atoms with van der Waals surface area (Å²) in [6.07, 6.45) is 5.49. The normalized spacial score (nSPS) is 16.1. The van der Waals surface area contributed by atoms with E-state index in [-0.39, 0.29) is 0 Å². The Morgan fingerprint density at radius 1 is 1.35 bits per heavy atom. The number of hydrogen-bond acceptors (Lipinski definition) is 3. The van der Waals surface area contributed by atoms with E-state index in [9.17, 15) is 0 Å². The quantitative estimate of drug-likeness (QED) is 0.814. The van der Waals surface area contributed by atoms with Gasteiger partial charge in [0.15, 0.2) is 0 Å². The van der Waals surface area contributed by atoms with Crippen molar-refractivity contribution in [2.24, 2.45) is 5.92 Å². The fraction of sp³-hybridized carbons (Fsp3) is 0.571. The summed E-state index contributed by atoms with van der Waals surface area (Å²) >= 11 is 0. The Kier molecular flexibility index (Phi) is 3.77. The highest BCUT2D eigenvalue weighted by Crippen LogP contribution is 2.30. The first kappa shape index (κ1) is 12.1. The van der Waals surface area contributed by atoms with E-state index in [2.05, 4.69) is 11.9 Å². The van der Waals surface area contributed by atoms with E-state index in [0.717, 1.165) is 29.6 Å². The van der Waals surface area contributed by atoms with Gasteiger partial charge in [-0.1, -0.05) is 12.8 Å². The third-order valence-electron chi connectivity index (χ3n) is 3.65. The summed E-state index contributed by atoms with van der Waals surface area (Å²) in [7, 11) is 3.78. The predicted octanol–water partition coefficient (Wildman–Crippen LogP) is 2.90. The molecule has 0 saturated heterocycles. The van der Waals surface area contributed by atoms with Gasteiger partial charge in [0.1, 0.15) is 5.75 Å². The predicted molar refractivity (Wildman–Crippen MR) is 72.6 cm³/mol. The molecule has 94 valence electrons. The van der Waals surface area contributed by atoms with Crippen LogP contribution >= 0.6 is 0 Å². The molecular weight excluding hydrogens is 212 g/mol. The summed E-state index contributed by atoms with van der Waals surface area (Å²) in [6, 6.07) is 5.90. The Hall–Kier alpha value is -1.38. The van der Waals surface area contributed by atoms with Gasteiger partial charge in [-0.15, -0.1) is 0 Å². The second-order valence-electron chi connectivity index (χ2n) is 4.96. The highest BCUT2D eigenvalue weighted by atomic mass is 16.5. The van der Waals surface area contributed by atoms with Crippen molar-refractivity contribution in [3.63, 3.8) is 0 Å². The minimum atomic E-state index is 0.796. The van der Waals surface area contributed by atoms with E-state index < -0.39 is 0 Å². The third-order valence-corrected chi connectivity index (χ3v) is 3.65. The molecule has 2 rings (SSSR count). The number of nitrogens with zero attached hydrogens (tertiary/aromatic N) is 1.